The molecule has 1 saturated carbocycles. The first-order chi connectivity index (χ1) is 8.14. The molecule has 0 aliphatic heterocycles. The van der Waals surface area contributed by atoms with E-state index in [1.54, 1.807) is 0 Å². The van der Waals surface area contributed by atoms with E-state index in [4.69, 9.17) is 5.73 Å². The Balaban J connectivity index is 2.01. The van der Waals surface area contributed by atoms with Crippen LogP contribution in [0.2, 0.25) is 0 Å². The Kier molecular flexibility index (Phi) is 3.85. The lowest BCUT2D eigenvalue weighted by Gasteiger charge is -2.38. The van der Waals surface area contributed by atoms with Crippen LogP contribution in [0.3, 0.4) is 0 Å². The van der Waals surface area contributed by atoms with Crippen LogP contribution in [-0.4, -0.2) is 30.6 Å². The van der Waals surface area contributed by atoms with Crippen molar-refractivity contribution in [3.8, 4) is 0 Å². The summed E-state index contributed by atoms with van der Waals surface area (Å²) in [6.07, 6.45) is 3.83. The number of hydrogen-bond donors (Lipinski definition) is 1. The summed E-state index contributed by atoms with van der Waals surface area (Å²) in [6, 6.07) is 10.7. The maximum absolute atomic E-state index is 6.01. The molecule has 1 atom stereocenters. The van der Waals surface area contributed by atoms with Crippen molar-refractivity contribution in [1.29, 1.82) is 0 Å². The Morgan fingerprint density at radius 3 is 2.47 bits per heavy atom. The van der Waals surface area contributed by atoms with Crippen molar-refractivity contribution in [3.05, 3.63) is 35.9 Å². The Morgan fingerprint density at radius 1 is 1.29 bits per heavy atom. The molecule has 1 aromatic rings. The van der Waals surface area contributed by atoms with E-state index in [-0.39, 0.29) is 5.54 Å². The van der Waals surface area contributed by atoms with Gasteiger partial charge in [0.1, 0.15) is 0 Å². The van der Waals surface area contributed by atoms with E-state index in [0.29, 0.717) is 6.54 Å². The summed E-state index contributed by atoms with van der Waals surface area (Å²) in [4.78, 5) is 2.46. The third-order valence-corrected chi connectivity index (χ3v) is 4.02. The molecule has 1 unspecified atom stereocenters. The lowest BCUT2D eigenvalue weighted by Crippen LogP contribution is -2.52. The maximum atomic E-state index is 6.01. The number of nitrogens with two attached hydrogens (primary N) is 1. The van der Waals surface area contributed by atoms with Crippen LogP contribution < -0.4 is 5.73 Å². The molecular formula is C15H24N2. The number of benzene rings is 1. The fourth-order valence-corrected chi connectivity index (χ4v) is 2.31. The minimum atomic E-state index is 0.0872. The second-order valence-electron chi connectivity index (χ2n) is 5.69. The Hall–Kier alpha value is -0.860. The summed E-state index contributed by atoms with van der Waals surface area (Å²) in [5.74, 6) is 0.918. The highest BCUT2D eigenvalue weighted by Gasteiger charge is 2.32. The molecule has 0 radical (unpaired) electrons. The molecule has 1 fully saturated rings. The predicted octanol–water partition coefficient (Wildman–Crippen LogP) is 2.29. The second-order valence-corrected chi connectivity index (χ2v) is 5.69. The summed E-state index contributed by atoms with van der Waals surface area (Å²) in [5, 5.41) is 0. The van der Waals surface area contributed by atoms with Gasteiger partial charge in [0, 0.05) is 18.6 Å². The van der Waals surface area contributed by atoms with Gasteiger partial charge in [0.25, 0.3) is 0 Å². The molecule has 1 aromatic carbocycles. The summed E-state index contributed by atoms with van der Waals surface area (Å²) in [6.45, 7) is 4.19. The van der Waals surface area contributed by atoms with E-state index < -0.39 is 0 Å². The van der Waals surface area contributed by atoms with Gasteiger partial charge in [-0.25, -0.2) is 0 Å². The van der Waals surface area contributed by atoms with Crippen LogP contribution in [0.15, 0.2) is 30.3 Å². The molecule has 2 heteroatoms. The lowest BCUT2D eigenvalue weighted by atomic mass is 9.91. The highest BCUT2D eigenvalue weighted by molar-refractivity contribution is 5.18. The van der Waals surface area contributed by atoms with Crippen LogP contribution in [-0.2, 0) is 6.42 Å². The van der Waals surface area contributed by atoms with Gasteiger partial charge in [-0.15, -0.1) is 0 Å². The summed E-state index contributed by atoms with van der Waals surface area (Å²) < 4.78 is 0. The first-order valence-corrected chi connectivity index (χ1v) is 6.59. The second kappa shape index (κ2) is 5.19. The molecule has 1 aliphatic rings. The van der Waals surface area contributed by atoms with E-state index in [1.165, 1.54) is 24.9 Å². The molecular weight excluding hydrogens is 208 g/mol. The van der Waals surface area contributed by atoms with Crippen molar-refractivity contribution in [1.82, 2.24) is 4.90 Å². The zero-order valence-electron chi connectivity index (χ0n) is 11.0. The van der Waals surface area contributed by atoms with Gasteiger partial charge in [0.15, 0.2) is 0 Å². The normalized spacial score (nSPS) is 19.3. The van der Waals surface area contributed by atoms with Crippen molar-refractivity contribution in [2.24, 2.45) is 11.7 Å². The van der Waals surface area contributed by atoms with Gasteiger partial charge in [-0.05, 0) is 44.7 Å². The molecule has 0 amide bonds. The van der Waals surface area contributed by atoms with E-state index in [2.05, 4.69) is 49.2 Å². The predicted molar refractivity (Wildman–Crippen MR) is 73.0 cm³/mol. The molecule has 17 heavy (non-hydrogen) atoms. The Bertz CT molecular complexity index is 345. The molecule has 0 bridgehead atoms. The highest BCUT2D eigenvalue weighted by Crippen LogP contribution is 2.31. The standard InChI is InChI=1S/C15H24N2/c1-15(12-16,17(2)11-14-8-9-14)10-13-6-4-3-5-7-13/h3-7,14H,8-12,16H2,1-2H3. The molecule has 0 saturated heterocycles. The smallest absolute Gasteiger partial charge is 0.0340 e. The molecule has 0 heterocycles. The summed E-state index contributed by atoms with van der Waals surface area (Å²) in [7, 11) is 2.22. The Labute approximate surface area is 105 Å². The first kappa shape index (κ1) is 12.6. The molecule has 0 aromatic heterocycles. The number of rotatable bonds is 6. The number of nitrogens with zero attached hydrogens (tertiary/aromatic N) is 1. The van der Waals surface area contributed by atoms with E-state index >= 15 is 0 Å². The molecule has 2 rings (SSSR count). The maximum Gasteiger partial charge on any atom is 0.0340 e. The van der Waals surface area contributed by atoms with Gasteiger partial charge in [-0.1, -0.05) is 30.3 Å². The van der Waals surface area contributed by atoms with Crippen molar-refractivity contribution < 1.29 is 0 Å². The highest BCUT2D eigenvalue weighted by atomic mass is 15.2. The van der Waals surface area contributed by atoms with Gasteiger partial charge in [-0.3, -0.25) is 4.90 Å². The van der Waals surface area contributed by atoms with Gasteiger partial charge < -0.3 is 5.73 Å². The Morgan fingerprint density at radius 2 is 1.94 bits per heavy atom. The SMILES string of the molecule is CN(CC1CC1)C(C)(CN)Cc1ccccc1. The third-order valence-electron chi connectivity index (χ3n) is 4.02. The molecule has 2 nitrogen and oxygen atoms in total. The first-order valence-electron chi connectivity index (χ1n) is 6.59. The fourth-order valence-electron chi connectivity index (χ4n) is 2.31. The van der Waals surface area contributed by atoms with Gasteiger partial charge >= 0.3 is 0 Å². The number of hydrogen-bond acceptors (Lipinski definition) is 2. The van der Waals surface area contributed by atoms with Crippen molar-refractivity contribution >= 4 is 0 Å². The van der Waals surface area contributed by atoms with Crippen LogP contribution in [0.25, 0.3) is 0 Å². The zero-order chi connectivity index (χ0) is 12.3. The average molecular weight is 232 g/mol. The van der Waals surface area contributed by atoms with E-state index in [0.717, 1.165) is 12.3 Å². The van der Waals surface area contributed by atoms with Crippen LogP contribution in [0.1, 0.15) is 25.3 Å². The topological polar surface area (TPSA) is 29.3 Å². The van der Waals surface area contributed by atoms with Crippen LogP contribution in [0.5, 0.6) is 0 Å². The van der Waals surface area contributed by atoms with Gasteiger partial charge in [-0.2, -0.15) is 0 Å². The molecule has 0 spiro atoms. The summed E-state index contributed by atoms with van der Waals surface area (Å²) >= 11 is 0. The van der Waals surface area contributed by atoms with Gasteiger partial charge in [0.05, 0.1) is 0 Å². The van der Waals surface area contributed by atoms with Gasteiger partial charge in [0.2, 0.25) is 0 Å². The average Bonchev–Trinajstić information content (AvgIpc) is 3.14. The lowest BCUT2D eigenvalue weighted by molar-refractivity contribution is 0.138. The minimum absolute atomic E-state index is 0.0872. The summed E-state index contributed by atoms with van der Waals surface area (Å²) in [5.41, 5.74) is 7.48. The molecule has 94 valence electrons. The zero-order valence-corrected chi connectivity index (χ0v) is 11.0. The van der Waals surface area contributed by atoms with E-state index in [9.17, 15) is 0 Å². The van der Waals surface area contributed by atoms with Crippen molar-refractivity contribution in [2.45, 2.75) is 31.7 Å². The quantitative estimate of drug-likeness (QED) is 0.815. The van der Waals surface area contributed by atoms with E-state index in [1.807, 2.05) is 0 Å². The number of likely N-dealkylation sites (N-methyl/N-ethyl adjacent to an activating group) is 1. The van der Waals surface area contributed by atoms with Crippen molar-refractivity contribution in [2.75, 3.05) is 20.1 Å². The molecule has 2 N–H and O–H groups in total. The molecule has 1 aliphatic carbocycles. The van der Waals surface area contributed by atoms with Crippen LogP contribution >= 0.6 is 0 Å². The minimum Gasteiger partial charge on any atom is -0.329 e. The van der Waals surface area contributed by atoms with Crippen molar-refractivity contribution in [3.63, 3.8) is 0 Å². The largest absolute Gasteiger partial charge is 0.329 e. The monoisotopic (exact) mass is 232 g/mol. The third kappa shape index (κ3) is 3.30. The fraction of sp³-hybridized carbons (Fsp3) is 0.600. The van der Waals surface area contributed by atoms with Crippen LogP contribution in [0, 0.1) is 5.92 Å². The van der Waals surface area contributed by atoms with Crippen LogP contribution in [0.4, 0.5) is 0 Å².